The first kappa shape index (κ1) is 10.5. The molecule has 0 aromatic rings. The Morgan fingerprint density at radius 1 is 1.40 bits per heavy atom. The second kappa shape index (κ2) is 6.23. The molecule has 62 valence electrons. The molecule has 0 aliphatic rings. The first-order valence-electron chi connectivity index (χ1n) is 3.08. The van der Waals surface area contributed by atoms with Crippen LogP contribution in [0.3, 0.4) is 0 Å². The molecule has 0 aromatic heterocycles. The standard InChI is InChI=1S/C6H11ClF2S/c1-5(2-7)3-10-4-6(8)9/h5-6H,2-4H2,1H3. The van der Waals surface area contributed by atoms with Gasteiger partial charge in [-0.05, 0) is 11.7 Å². The molecular weight excluding hydrogens is 178 g/mol. The third-order valence-electron chi connectivity index (χ3n) is 0.910. The van der Waals surface area contributed by atoms with E-state index in [0.29, 0.717) is 11.8 Å². The fourth-order valence-electron chi connectivity index (χ4n) is 0.403. The summed E-state index contributed by atoms with van der Waals surface area (Å²) in [6.45, 7) is 1.95. The van der Waals surface area contributed by atoms with Crippen molar-refractivity contribution in [3.63, 3.8) is 0 Å². The van der Waals surface area contributed by atoms with Gasteiger partial charge in [0.25, 0.3) is 0 Å². The van der Waals surface area contributed by atoms with Gasteiger partial charge in [-0.15, -0.1) is 11.6 Å². The monoisotopic (exact) mass is 188 g/mol. The number of hydrogen-bond donors (Lipinski definition) is 0. The van der Waals surface area contributed by atoms with Gasteiger partial charge in [-0.25, -0.2) is 8.78 Å². The summed E-state index contributed by atoms with van der Waals surface area (Å²) in [6, 6.07) is 0. The number of hydrogen-bond acceptors (Lipinski definition) is 1. The van der Waals surface area contributed by atoms with Crippen LogP contribution in [0.25, 0.3) is 0 Å². The highest BCUT2D eigenvalue weighted by atomic mass is 35.5. The summed E-state index contributed by atoms with van der Waals surface area (Å²) in [4.78, 5) is 0. The first-order valence-corrected chi connectivity index (χ1v) is 4.77. The molecule has 10 heavy (non-hydrogen) atoms. The van der Waals surface area contributed by atoms with Crippen LogP contribution in [0.5, 0.6) is 0 Å². The second-order valence-corrected chi connectivity index (χ2v) is 3.57. The molecule has 0 saturated heterocycles. The van der Waals surface area contributed by atoms with Gasteiger partial charge in [-0.1, -0.05) is 6.92 Å². The van der Waals surface area contributed by atoms with Gasteiger partial charge in [0.1, 0.15) is 0 Å². The van der Waals surface area contributed by atoms with E-state index in [-0.39, 0.29) is 5.75 Å². The summed E-state index contributed by atoms with van der Waals surface area (Å²) >= 11 is 6.73. The smallest absolute Gasteiger partial charge is 0.210 e. The van der Waals surface area contributed by atoms with Crippen LogP contribution >= 0.6 is 23.4 Å². The van der Waals surface area contributed by atoms with Crippen LogP contribution in [-0.2, 0) is 0 Å². The maximum absolute atomic E-state index is 11.5. The molecule has 0 aliphatic heterocycles. The predicted molar refractivity (Wildman–Crippen MR) is 43.2 cm³/mol. The summed E-state index contributed by atoms with van der Waals surface area (Å²) in [5, 5.41) is 0. The Bertz CT molecular complexity index is 80.1. The summed E-state index contributed by atoms with van der Waals surface area (Å²) in [6.07, 6.45) is -2.19. The van der Waals surface area contributed by atoms with E-state index in [9.17, 15) is 8.78 Å². The lowest BCUT2D eigenvalue weighted by molar-refractivity contribution is 0.177. The van der Waals surface area contributed by atoms with Crippen molar-refractivity contribution < 1.29 is 8.78 Å². The molecule has 0 spiro atoms. The molecule has 1 unspecified atom stereocenters. The largest absolute Gasteiger partial charge is 0.247 e. The molecular formula is C6H11ClF2S. The third kappa shape index (κ3) is 6.62. The molecule has 0 aromatic carbocycles. The molecule has 0 aliphatic carbocycles. The van der Waals surface area contributed by atoms with Gasteiger partial charge in [0.2, 0.25) is 6.43 Å². The van der Waals surface area contributed by atoms with E-state index >= 15 is 0 Å². The lowest BCUT2D eigenvalue weighted by Gasteiger charge is -2.05. The third-order valence-corrected chi connectivity index (χ3v) is 2.73. The van der Waals surface area contributed by atoms with Crippen molar-refractivity contribution in [2.45, 2.75) is 13.3 Å². The van der Waals surface area contributed by atoms with Gasteiger partial charge in [0, 0.05) is 5.88 Å². The lowest BCUT2D eigenvalue weighted by Crippen LogP contribution is -2.02. The van der Waals surface area contributed by atoms with Gasteiger partial charge in [-0.3, -0.25) is 0 Å². The SMILES string of the molecule is CC(CCl)CSCC(F)F. The Balaban J connectivity index is 3.03. The zero-order valence-electron chi connectivity index (χ0n) is 5.82. The minimum atomic E-state index is -2.19. The Hall–Kier alpha value is 0.500. The van der Waals surface area contributed by atoms with Crippen molar-refractivity contribution in [3.05, 3.63) is 0 Å². The summed E-state index contributed by atoms with van der Waals surface area (Å²) in [5.41, 5.74) is 0. The fraction of sp³-hybridized carbons (Fsp3) is 1.00. The molecule has 4 heteroatoms. The summed E-state index contributed by atoms with van der Waals surface area (Å²) < 4.78 is 23.1. The van der Waals surface area contributed by atoms with Crippen molar-refractivity contribution >= 4 is 23.4 Å². The van der Waals surface area contributed by atoms with Gasteiger partial charge >= 0.3 is 0 Å². The van der Waals surface area contributed by atoms with Crippen molar-refractivity contribution in [1.82, 2.24) is 0 Å². The highest BCUT2D eigenvalue weighted by molar-refractivity contribution is 7.99. The van der Waals surface area contributed by atoms with Gasteiger partial charge in [-0.2, -0.15) is 11.8 Å². The Kier molecular flexibility index (Phi) is 6.54. The molecule has 0 fully saturated rings. The molecule has 0 nitrogen and oxygen atoms in total. The second-order valence-electron chi connectivity index (χ2n) is 2.19. The van der Waals surface area contributed by atoms with Crippen LogP contribution in [0.4, 0.5) is 8.78 Å². The summed E-state index contributed by atoms with van der Waals surface area (Å²) in [7, 11) is 0. The topological polar surface area (TPSA) is 0 Å². The van der Waals surface area contributed by atoms with E-state index in [1.165, 1.54) is 11.8 Å². The molecule has 0 bridgehead atoms. The highest BCUT2D eigenvalue weighted by Crippen LogP contribution is 2.12. The molecule has 0 radical (unpaired) electrons. The van der Waals surface area contributed by atoms with Gasteiger partial charge < -0.3 is 0 Å². The quantitative estimate of drug-likeness (QED) is 0.598. The van der Waals surface area contributed by atoms with Crippen LogP contribution in [0, 0.1) is 5.92 Å². The minimum Gasteiger partial charge on any atom is -0.210 e. The lowest BCUT2D eigenvalue weighted by atomic mass is 10.3. The maximum atomic E-state index is 11.5. The van der Waals surface area contributed by atoms with Gasteiger partial charge in [0.05, 0.1) is 5.75 Å². The van der Waals surface area contributed by atoms with E-state index in [0.717, 1.165) is 5.75 Å². The van der Waals surface area contributed by atoms with Crippen LogP contribution in [0.1, 0.15) is 6.92 Å². The van der Waals surface area contributed by atoms with Crippen molar-refractivity contribution in [3.8, 4) is 0 Å². The van der Waals surface area contributed by atoms with Crippen molar-refractivity contribution in [1.29, 1.82) is 0 Å². The van der Waals surface area contributed by atoms with E-state index in [1.54, 1.807) is 0 Å². The van der Waals surface area contributed by atoms with Gasteiger partial charge in [0.15, 0.2) is 0 Å². The van der Waals surface area contributed by atoms with E-state index in [1.807, 2.05) is 6.92 Å². The minimum absolute atomic E-state index is 0.0682. The number of rotatable bonds is 5. The molecule has 0 heterocycles. The summed E-state index contributed by atoms with van der Waals surface area (Å²) in [5.74, 6) is 1.55. The van der Waals surface area contributed by atoms with Crippen LogP contribution in [0.15, 0.2) is 0 Å². The van der Waals surface area contributed by atoms with Crippen LogP contribution in [0.2, 0.25) is 0 Å². The van der Waals surface area contributed by atoms with E-state index in [2.05, 4.69) is 0 Å². The maximum Gasteiger partial charge on any atom is 0.247 e. The molecule has 0 amide bonds. The zero-order valence-corrected chi connectivity index (χ0v) is 7.39. The average molecular weight is 189 g/mol. The molecule has 1 atom stereocenters. The average Bonchev–Trinajstić information content (AvgIpc) is 1.87. The van der Waals surface area contributed by atoms with Crippen LogP contribution < -0.4 is 0 Å². The molecule has 0 rings (SSSR count). The van der Waals surface area contributed by atoms with Crippen molar-refractivity contribution in [2.75, 3.05) is 17.4 Å². The predicted octanol–water partition coefficient (Wildman–Crippen LogP) is 2.86. The molecule has 0 N–H and O–H groups in total. The Labute approximate surface area is 69.3 Å². The number of thioether (sulfide) groups is 1. The van der Waals surface area contributed by atoms with Crippen LogP contribution in [-0.4, -0.2) is 23.8 Å². The number of halogens is 3. The van der Waals surface area contributed by atoms with E-state index < -0.39 is 6.43 Å². The van der Waals surface area contributed by atoms with Crippen molar-refractivity contribution in [2.24, 2.45) is 5.92 Å². The Morgan fingerprint density at radius 2 is 2.00 bits per heavy atom. The fourth-order valence-corrected chi connectivity index (χ4v) is 1.48. The Morgan fingerprint density at radius 3 is 2.40 bits per heavy atom. The highest BCUT2D eigenvalue weighted by Gasteiger charge is 2.04. The normalized spacial score (nSPS) is 14.1. The zero-order chi connectivity index (χ0) is 7.98. The number of alkyl halides is 3. The molecule has 0 saturated carbocycles. The van der Waals surface area contributed by atoms with E-state index in [4.69, 9.17) is 11.6 Å². The first-order chi connectivity index (χ1) is 4.66.